The van der Waals surface area contributed by atoms with Crippen molar-refractivity contribution >= 4 is 29.0 Å². The van der Waals surface area contributed by atoms with Crippen molar-refractivity contribution in [1.82, 2.24) is 24.3 Å². The summed E-state index contributed by atoms with van der Waals surface area (Å²) in [7, 11) is 0. The highest BCUT2D eigenvalue weighted by Crippen LogP contribution is 2.40. The number of nitrogens with one attached hydrogen (secondary N) is 1. The molecule has 2 amide bonds. The molecule has 0 radical (unpaired) electrons. The minimum absolute atomic E-state index is 0.0234. The predicted molar refractivity (Wildman–Crippen MR) is 151 cm³/mol. The Balaban J connectivity index is 1.55. The van der Waals surface area contributed by atoms with Gasteiger partial charge in [-0.15, -0.1) is 0 Å². The van der Waals surface area contributed by atoms with E-state index in [1.807, 2.05) is 46.7 Å². The van der Waals surface area contributed by atoms with Gasteiger partial charge in [-0.05, 0) is 75.3 Å². The number of benzene rings is 1. The number of nitrogens with zero attached hydrogens (tertiary/aromatic N) is 5. The maximum atomic E-state index is 13.1. The molecule has 3 N–H and O–H groups in total. The topological polar surface area (TPSA) is 119 Å². The van der Waals surface area contributed by atoms with E-state index >= 15 is 0 Å². The van der Waals surface area contributed by atoms with Gasteiger partial charge in [-0.1, -0.05) is 25.0 Å². The summed E-state index contributed by atoms with van der Waals surface area (Å²) in [5.41, 5.74) is 9.95. The van der Waals surface area contributed by atoms with Gasteiger partial charge < -0.3 is 16.0 Å². The third kappa shape index (κ3) is 4.93. The number of aromatic nitrogens is 4. The van der Waals surface area contributed by atoms with Crippen molar-refractivity contribution in [2.75, 3.05) is 11.1 Å². The van der Waals surface area contributed by atoms with E-state index in [1.165, 1.54) is 0 Å². The molecule has 1 aromatic carbocycles. The van der Waals surface area contributed by atoms with E-state index in [1.54, 1.807) is 31.5 Å². The number of nitrogen functional groups attached to an aromatic ring is 1. The quantitative estimate of drug-likeness (QED) is 0.378. The number of hydrogen-bond donors (Lipinski definition) is 2. The molecule has 198 valence electrons. The fourth-order valence-electron chi connectivity index (χ4n) is 5.30. The normalized spacial score (nSPS) is 18.9. The molecule has 0 bridgehead atoms. The Morgan fingerprint density at radius 3 is 2.56 bits per heavy atom. The van der Waals surface area contributed by atoms with Crippen LogP contribution in [0.25, 0.3) is 16.8 Å². The largest absolute Gasteiger partial charge is 0.382 e. The van der Waals surface area contributed by atoms with Gasteiger partial charge in [0.2, 0.25) is 0 Å². The van der Waals surface area contributed by atoms with E-state index in [4.69, 9.17) is 10.7 Å². The average molecular weight is 522 g/mol. The summed E-state index contributed by atoms with van der Waals surface area (Å²) in [6.45, 7) is 7.80. The van der Waals surface area contributed by atoms with E-state index < -0.39 is 0 Å². The number of imidazole rings is 1. The zero-order chi connectivity index (χ0) is 27.7. The third-order valence-corrected chi connectivity index (χ3v) is 7.27. The Bertz CT molecular complexity index is 1610. The number of anilines is 2. The van der Waals surface area contributed by atoms with Crippen LogP contribution in [0.3, 0.4) is 0 Å². The van der Waals surface area contributed by atoms with Crippen LogP contribution in [0, 0.1) is 24.7 Å². The molecule has 9 heteroatoms. The molecule has 39 heavy (non-hydrogen) atoms. The van der Waals surface area contributed by atoms with Crippen LogP contribution in [-0.4, -0.2) is 42.1 Å². The van der Waals surface area contributed by atoms with Crippen LogP contribution in [0.5, 0.6) is 0 Å². The number of amides is 2. The molecule has 4 aromatic rings. The molecule has 1 aliphatic rings. The number of nitrogens with two attached hydrogens (primary N) is 1. The van der Waals surface area contributed by atoms with Crippen LogP contribution in [0.2, 0.25) is 0 Å². The fourth-order valence-corrected chi connectivity index (χ4v) is 5.30. The zero-order valence-electron chi connectivity index (χ0n) is 22.5. The SMILES string of the molecule is CC#CC(=O)N1[C@H](c2nc(-c3ccc(C(=O)Nc4cc(C)ccn4)cc3)c3c(N)nccn23)[C@H](C)CC[C@@H]1C. The lowest BCUT2D eigenvalue weighted by molar-refractivity contribution is -0.133. The first-order chi connectivity index (χ1) is 18.8. The number of carbonyl (C=O) groups excluding carboxylic acids is 2. The highest BCUT2D eigenvalue weighted by atomic mass is 16.2. The Labute approximate surface area is 227 Å². The predicted octanol–water partition coefficient (Wildman–Crippen LogP) is 4.65. The number of likely N-dealkylation sites (tertiary alicyclic amines) is 1. The molecule has 0 unspecified atom stereocenters. The molecule has 1 saturated heterocycles. The summed E-state index contributed by atoms with van der Waals surface area (Å²) in [4.78, 5) is 41.4. The lowest BCUT2D eigenvalue weighted by Crippen LogP contribution is -2.47. The molecular weight excluding hydrogens is 490 g/mol. The van der Waals surface area contributed by atoms with Crippen LogP contribution in [0.1, 0.15) is 61.4 Å². The molecule has 1 fully saturated rings. The van der Waals surface area contributed by atoms with Crippen LogP contribution in [-0.2, 0) is 4.79 Å². The number of pyridine rings is 1. The van der Waals surface area contributed by atoms with Crippen LogP contribution < -0.4 is 11.1 Å². The summed E-state index contributed by atoms with van der Waals surface area (Å²) in [5, 5.41) is 2.83. The van der Waals surface area contributed by atoms with Crippen molar-refractivity contribution in [2.24, 2.45) is 5.92 Å². The summed E-state index contributed by atoms with van der Waals surface area (Å²) in [6, 6.07) is 10.6. The second-order valence-electron chi connectivity index (χ2n) is 10.0. The van der Waals surface area contributed by atoms with Crippen molar-refractivity contribution in [1.29, 1.82) is 0 Å². The maximum Gasteiger partial charge on any atom is 0.299 e. The van der Waals surface area contributed by atoms with Crippen molar-refractivity contribution in [3.8, 4) is 23.1 Å². The van der Waals surface area contributed by atoms with Crippen LogP contribution in [0.15, 0.2) is 55.0 Å². The monoisotopic (exact) mass is 521 g/mol. The van der Waals surface area contributed by atoms with Gasteiger partial charge in [0.05, 0.1) is 6.04 Å². The summed E-state index contributed by atoms with van der Waals surface area (Å²) in [5.74, 6) is 6.71. The van der Waals surface area contributed by atoms with Gasteiger partial charge in [-0.2, -0.15) is 0 Å². The highest BCUT2D eigenvalue weighted by Gasteiger charge is 2.39. The summed E-state index contributed by atoms with van der Waals surface area (Å²) in [6.07, 6.45) is 6.98. The van der Waals surface area contributed by atoms with E-state index in [2.05, 4.69) is 41.0 Å². The minimum atomic E-state index is -0.281. The first-order valence-corrected chi connectivity index (χ1v) is 13.0. The van der Waals surface area contributed by atoms with Gasteiger partial charge in [0.15, 0.2) is 0 Å². The van der Waals surface area contributed by atoms with Gasteiger partial charge in [0, 0.05) is 35.8 Å². The molecule has 5 rings (SSSR count). The number of aryl methyl sites for hydroxylation is 1. The number of carbonyl (C=O) groups is 2. The van der Waals surface area contributed by atoms with Gasteiger partial charge >= 0.3 is 0 Å². The molecule has 3 aromatic heterocycles. The van der Waals surface area contributed by atoms with Gasteiger partial charge in [-0.25, -0.2) is 15.0 Å². The zero-order valence-corrected chi connectivity index (χ0v) is 22.5. The van der Waals surface area contributed by atoms with Gasteiger partial charge in [0.1, 0.15) is 28.7 Å². The van der Waals surface area contributed by atoms with E-state index in [0.29, 0.717) is 34.2 Å². The number of rotatable bonds is 4. The number of fused-ring (bicyclic) bond motifs is 1. The molecule has 4 heterocycles. The first kappa shape index (κ1) is 25.9. The van der Waals surface area contributed by atoms with E-state index in [-0.39, 0.29) is 29.8 Å². The lowest BCUT2D eigenvalue weighted by atomic mass is 9.86. The molecule has 0 aliphatic carbocycles. The smallest absolute Gasteiger partial charge is 0.299 e. The maximum absolute atomic E-state index is 13.1. The first-order valence-electron chi connectivity index (χ1n) is 13.0. The van der Waals surface area contributed by atoms with Gasteiger partial charge in [-0.3, -0.25) is 14.0 Å². The third-order valence-electron chi connectivity index (χ3n) is 7.27. The van der Waals surface area contributed by atoms with Crippen molar-refractivity contribution < 1.29 is 9.59 Å². The van der Waals surface area contributed by atoms with E-state index in [9.17, 15) is 9.59 Å². The highest BCUT2D eigenvalue weighted by molar-refractivity contribution is 6.04. The standard InChI is InChI=1S/C30H31N7O2/c1-5-6-24(38)37-20(4)8-7-19(3)26(37)29-35-25(27-28(31)33-15-16-36(27)29)21-9-11-22(12-10-21)30(39)34-23-17-18(2)13-14-32-23/h9-17,19-20,26H,7-8H2,1-4H3,(H2,31,33)(H,32,34,39)/t19-,20+,26+/m1/s1. The average Bonchev–Trinajstić information content (AvgIpc) is 3.30. The van der Waals surface area contributed by atoms with Crippen molar-refractivity contribution in [3.63, 3.8) is 0 Å². The molecule has 0 saturated carbocycles. The lowest BCUT2D eigenvalue weighted by Gasteiger charge is -2.42. The van der Waals surface area contributed by atoms with Crippen LogP contribution in [0.4, 0.5) is 11.6 Å². The minimum Gasteiger partial charge on any atom is -0.382 e. The van der Waals surface area contributed by atoms with E-state index in [0.717, 1.165) is 24.0 Å². The summed E-state index contributed by atoms with van der Waals surface area (Å²) >= 11 is 0. The van der Waals surface area contributed by atoms with Crippen LogP contribution >= 0.6 is 0 Å². The Morgan fingerprint density at radius 2 is 1.85 bits per heavy atom. The van der Waals surface area contributed by atoms with Crippen molar-refractivity contribution in [2.45, 2.75) is 52.6 Å². The second kappa shape index (κ2) is 10.6. The Hall–Kier alpha value is -4.71. The molecule has 1 aliphatic heterocycles. The molecular formula is C30H31N7O2. The van der Waals surface area contributed by atoms with Gasteiger partial charge in [0.25, 0.3) is 11.8 Å². The molecule has 0 spiro atoms. The Morgan fingerprint density at radius 1 is 1.08 bits per heavy atom. The second-order valence-corrected chi connectivity index (χ2v) is 10.0. The Kier molecular flexibility index (Phi) is 7.03. The fraction of sp³-hybridized carbons (Fsp3) is 0.300. The number of piperidine rings is 1. The molecule has 3 atom stereocenters. The molecule has 9 nitrogen and oxygen atoms in total. The number of hydrogen-bond acceptors (Lipinski definition) is 6. The van der Waals surface area contributed by atoms with Crippen molar-refractivity contribution in [3.05, 3.63) is 71.9 Å². The summed E-state index contributed by atoms with van der Waals surface area (Å²) < 4.78 is 1.93.